The summed E-state index contributed by atoms with van der Waals surface area (Å²) in [7, 11) is -2.48. The summed E-state index contributed by atoms with van der Waals surface area (Å²) in [6.45, 7) is 1.91. The average Bonchev–Trinajstić information content (AvgIpc) is 2.69. The van der Waals surface area contributed by atoms with E-state index in [0.29, 0.717) is 24.0 Å². The molecule has 0 spiro atoms. The number of hydrogen-bond donors (Lipinski definition) is 0. The first kappa shape index (κ1) is 19.4. The summed E-state index contributed by atoms with van der Waals surface area (Å²) in [5.74, 6) is -0.589. The molecule has 0 saturated heterocycles. The van der Waals surface area contributed by atoms with Gasteiger partial charge in [-0.2, -0.15) is 0 Å². The third-order valence-corrected chi connectivity index (χ3v) is 7.29. The van der Waals surface area contributed by atoms with Crippen molar-refractivity contribution in [3.63, 3.8) is 0 Å². The maximum atomic E-state index is 13.7. The summed E-state index contributed by atoms with van der Waals surface area (Å²) >= 11 is 0. The fourth-order valence-corrected chi connectivity index (χ4v) is 5.43. The first-order chi connectivity index (χ1) is 13.9. The molecule has 0 N–H and O–H groups in total. The first-order valence-corrected chi connectivity index (χ1v) is 10.9. The maximum absolute atomic E-state index is 13.7. The number of carbonyl (C=O) groups is 1. The molecule has 7 heteroatoms. The highest BCUT2D eigenvalue weighted by Gasteiger charge is 2.44. The molecule has 29 heavy (non-hydrogen) atoms. The van der Waals surface area contributed by atoms with E-state index in [9.17, 15) is 13.2 Å². The number of para-hydroxylation sites is 1. The van der Waals surface area contributed by atoms with E-state index in [2.05, 4.69) is 4.98 Å². The lowest BCUT2D eigenvalue weighted by atomic mass is 9.80. The van der Waals surface area contributed by atoms with E-state index in [1.165, 1.54) is 11.4 Å². The van der Waals surface area contributed by atoms with E-state index < -0.39 is 10.0 Å². The summed E-state index contributed by atoms with van der Waals surface area (Å²) < 4.78 is 33.6. The number of aromatic nitrogens is 1. The predicted molar refractivity (Wildman–Crippen MR) is 111 cm³/mol. The van der Waals surface area contributed by atoms with Crippen LogP contribution in [0.5, 0.6) is 0 Å². The van der Waals surface area contributed by atoms with Gasteiger partial charge < -0.3 is 4.74 Å². The number of methoxy groups -OCH3 is 1. The van der Waals surface area contributed by atoms with Gasteiger partial charge in [-0.25, -0.2) is 8.42 Å². The molecular weight excluding hydrogens is 388 g/mol. The van der Waals surface area contributed by atoms with Crippen molar-refractivity contribution in [2.75, 3.05) is 11.4 Å². The molecule has 3 aromatic rings. The number of benzene rings is 2. The third kappa shape index (κ3) is 3.46. The van der Waals surface area contributed by atoms with E-state index >= 15 is 0 Å². The molecule has 150 valence electrons. The molecule has 1 aromatic heterocycles. The van der Waals surface area contributed by atoms with Gasteiger partial charge in [-0.05, 0) is 44.0 Å². The molecule has 0 amide bonds. The summed E-state index contributed by atoms with van der Waals surface area (Å²) in [6, 6.07) is 15.7. The molecule has 0 aliphatic heterocycles. The van der Waals surface area contributed by atoms with Crippen LogP contribution < -0.4 is 4.31 Å². The average molecular weight is 410 g/mol. The molecule has 1 saturated carbocycles. The molecule has 2 aromatic carbocycles. The van der Waals surface area contributed by atoms with Crippen molar-refractivity contribution >= 4 is 32.6 Å². The zero-order valence-electron chi connectivity index (χ0n) is 16.3. The lowest BCUT2D eigenvalue weighted by Crippen LogP contribution is -2.50. The lowest BCUT2D eigenvalue weighted by Gasteiger charge is -2.42. The fraction of sp³-hybridized carbons (Fsp3) is 0.273. The minimum atomic E-state index is -3.84. The van der Waals surface area contributed by atoms with Crippen molar-refractivity contribution < 1.29 is 17.9 Å². The maximum Gasteiger partial charge on any atom is 0.308 e. The Bertz CT molecular complexity index is 1150. The predicted octanol–water partition coefficient (Wildman–Crippen LogP) is 3.69. The molecule has 0 radical (unpaired) electrons. The van der Waals surface area contributed by atoms with Crippen molar-refractivity contribution in [2.45, 2.75) is 30.7 Å². The van der Waals surface area contributed by atoms with Crippen molar-refractivity contribution in [3.8, 4) is 0 Å². The number of ether oxygens (including phenoxy) is 1. The van der Waals surface area contributed by atoms with Gasteiger partial charge in [-0.3, -0.25) is 14.1 Å². The SMILES string of the molecule is COC(=O)C1CC(N(c2cccc3cccnc23)S(=O)(=O)c2ccc(C)cc2)C1. The number of sulfonamides is 1. The topological polar surface area (TPSA) is 76.6 Å². The number of aryl methyl sites for hydroxylation is 1. The molecule has 1 aliphatic rings. The van der Waals surface area contributed by atoms with E-state index in [1.54, 1.807) is 36.5 Å². The van der Waals surface area contributed by atoms with Crippen LogP contribution >= 0.6 is 0 Å². The Morgan fingerprint density at radius 1 is 1.07 bits per heavy atom. The van der Waals surface area contributed by atoms with Crippen LogP contribution in [-0.2, 0) is 19.6 Å². The zero-order valence-corrected chi connectivity index (χ0v) is 17.1. The second-order valence-corrected chi connectivity index (χ2v) is 9.13. The summed E-state index contributed by atoms with van der Waals surface area (Å²) in [6.07, 6.45) is 2.49. The van der Waals surface area contributed by atoms with Crippen LogP contribution in [0.25, 0.3) is 10.9 Å². The molecule has 6 nitrogen and oxygen atoms in total. The Labute approximate surface area is 170 Å². The van der Waals surface area contributed by atoms with Gasteiger partial charge in [0.15, 0.2) is 0 Å². The Balaban J connectivity index is 1.82. The summed E-state index contributed by atoms with van der Waals surface area (Å²) in [5.41, 5.74) is 2.13. The minimum absolute atomic E-state index is 0.220. The van der Waals surface area contributed by atoms with Gasteiger partial charge in [0.25, 0.3) is 10.0 Å². The lowest BCUT2D eigenvalue weighted by molar-refractivity contribution is -0.148. The molecular formula is C22H22N2O4S. The van der Waals surface area contributed by atoms with E-state index in [0.717, 1.165) is 10.9 Å². The number of rotatable bonds is 5. The van der Waals surface area contributed by atoms with Crippen LogP contribution in [0.3, 0.4) is 0 Å². The van der Waals surface area contributed by atoms with Gasteiger partial charge in [0, 0.05) is 17.6 Å². The van der Waals surface area contributed by atoms with Crippen LogP contribution in [0.15, 0.2) is 65.7 Å². The molecule has 1 heterocycles. The van der Waals surface area contributed by atoms with Crippen LogP contribution in [-0.4, -0.2) is 32.5 Å². The van der Waals surface area contributed by atoms with Gasteiger partial charge in [-0.1, -0.05) is 35.9 Å². The van der Waals surface area contributed by atoms with Crippen LogP contribution in [0.1, 0.15) is 18.4 Å². The van der Waals surface area contributed by atoms with Gasteiger partial charge in [0.2, 0.25) is 0 Å². The quantitative estimate of drug-likeness (QED) is 0.600. The van der Waals surface area contributed by atoms with Crippen molar-refractivity contribution in [2.24, 2.45) is 5.92 Å². The highest BCUT2D eigenvalue weighted by Crippen LogP contribution is 2.40. The Kier molecular flexibility index (Phi) is 5.00. The number of nitrogens with zero attached hydrogens (tertiary/aromatic N) is 2. The molecule has 0 bridgehead atoms. The van der Waals surface area contributed by atoms with Gasteiger partial charge in [0.05, 0.1) is 29.1 Å². The van der Waals surface area contributed by atoms with Crippen molar-refractivity contribution in [1.82, 2.24) is 4.98 Å². The van der Waals surface area contributed by atoms with Crippen LogP contribution in [0.2, 0.25) is 0 Å². The van der Waals surface area contributed by atoms with E-state index in [4.69, 9.17) is 4.74 Å². The number of anilines is 1. The number of pyridine rings is 1. The number of fused-ring (bicyclic) bond motifs is 1. The van der Waals surface area contributed by atoms with Crippen LogP contribution in [0, 0.1) is 12.8 Å². The standard InChI is InChI=1S/C22H22N2O4S/c1-15-8-10-19(11-9-15)29(26,27)24(18-13-17(14-18)22(25)28-2)20-7-3-5-16-6-4-12-23-21(16)20/h3-12,17-18H,13-14H2,1-2H3. The molecule has 1 fully saturated rings. The number of carbonyl (C=O) groups excluding carboxylic acids is 1. The second kappa shape index (κ2) is 7.48. The third-order valence-electron chi connectivity index (χ3n) is 5.41. The summed E-state index contributed by atoms with van der Waals surface area (Å²) in [4.78, 5) is 16.5. The molecule has 0 atom stereocenters. The number of hydrogen-bond acceptors (Lipinski definition) is 5. The zero-order chi connectivity index (χ0) is 20.6. The molecule has 1 aliphatic carbocycles. The Morgan fingerprint density at radius 3 is 2.45 bits per heavy atom. The Morgan fingerprint density at radius 2 is 1.76 bits per heavy atom. The Hall–Kier alpha value is -2.93. The van der Waals surface area contributed by atoms with Gasteiger partial charge >= 0.3 is 5.97 Å². The normalized spacial score (nSPS) is 18.8. The van der Waals surface area contributed by atoms with E-state index in [1.807, 2.05) is 31.2 Å². The molecule has 4 rings (SSSR count). The van der Waals surface area contributed by atoms with Crippen molar-refractivity contribution in [3.05, 3.63) is 66.4 Å². The summed E-state index contributed by atoms with van der Waals surface area (Å²) in [5, 5.41) is 0.859. The monoisotopic (exact) mass is 410 g/mol. The fourth-order valence-electron chi connectivity index (χ4n) is 3.75. The highest BCUT2D eigenvalue weighted by molar-refractivity contribution is 7.92. The van der Waals surface area contributed by atoms with Gasteiger partial charge in [-0.15, -0.1) is 0 Å². The van der Waals surface area contributed by atoms with E-state index in [-0.39, 0.29) is 22.8 Å². The largest absolute Gasteiger partial charge is 0.469 e. The highest BCUT2D eigenvalue weighted by atomic mass is 32.2. The first-order valence-electron chi connectivity index (χ1n) is 9.44. The molecule has 0 unspecified atom stereocenters. The van der Waals surface area contributed by atoms with Crippen LogP contribution in [0.4, 0.5) is 5.69 Å². The second-order valence-electron chi connectivity index (χ2n) is 7.31. The van der Waals surface area contributed by atoms with Crippen molar-refractivity contribution in [1.29, 1.82) is 0 Å². The smallest absolute Gasteiger partial charge is 0.308 e. The number of esters is 1. The van der Waals surface area contributed by atoms with Gasteiger partial charge in [0.1, 0.15) is 0 Å². The minimum Gasteiger partial charge on any atom is -0.469 e.